The van der Waals surface area contributed by atoms with Gasteiger partial charge in [0.1, 0.15) is 0 Å². The Balaban J connectivity index is 1.60. The van der Waals surface area contributed by atoms with E-state index in [-0.39, 0.29) is 0 Å². The topological polar surface area (TPSA) is 15.3 Å². The average Bonchev–Trinajstić information content (AvgIpc) is 2.53. The van der Waals surface area contributed by atoms with Gasteiger partial charge >= 0.3 is 0 Å². The van der Waals surface area contributed by atoms with E-state index in [1.54, 1.807) is 11.1 Å². The summed E-state index contributed by atoms with van der Waals surface area (Å²) in [6, 6.07) is 9.64. The predicted octanol–water partition coefficient (Wildman–Crippen LogP) is 3.40. The second kappa shape index (κ2) is 6.50. The first-order chi connectivity index (χ1) is 10.2. The molecule has 1 saturated carbocycles. The molecule has 0 aromatic heterocycles. The number of nitrogens with zero attached hydrogens (tertiary/aromatic N) is 1. The van der Waals surface area contributed by atoms with Crippen LogP contribution in [0.15, 0.2) is 24.3 Å². The number of hydrogen-bond acceptors (Lipinski definition) is 2. The Morgan fingerprint density at radius 3 is 2.52 bits per heavy atom. The van der Waals surface area contributed by atoms with Gasteiger partial charge in [-0.3, -0.25) is 0 Å². The minimum Gasteiger partial charge on any atom is -0.312 e. The number of rotatable bonds is 4. The molecule has 2 aliphatic rings. The summed E-state index contributed by atoms with van der Waals surface area (Å²) in [5.74, 6) is 0. The van der Waals surface area contributed by atoms with E-state index < -0.39 is 0 Å². The Labute approximate surface area is 129 Å². The molecule has 116 valence electrons. The van der Waals surface area contributed by atoms with Crippen molar-refractivity contribution in [2.45, 2.75) is 62.9 Å². The number of benzene rings is 1. The van der Waals surface area contributed by atoms with Crippen LogP contribution in [0.25, 0.3) is 0 Å². The van der Waals surface area contributed by atoms with E-state index in [0.717, 1.165) is 6.54 Å². The Morgan fingerprint density at radius 1 is 1.10 bits per heavy atom. The van der Waals surface area contributed by atoms with Gasteiger partial charge < -0.3 is 10.2 Å². The molecule has 2 aliphatic carbocycles. The van der Waals surface area contributed by atoms with E-state index in [1.165, 1.54) is 51.4 Å². The van der Waals surface area contributed by atoms with Gasteiger partial charge in [-0.25, -0.2) is 0 Å². The molecule has 1 fully saturated rings. The van der Waals surface area contributed by atoms with Crippen molar-refractivity contribution in [2.24, 2.45) is 0 Å². The monoisotopic (exact) mass is 286 g/mol. The van der Waals surface area contributed by atoms with E-state index >= 15 is 0 Å². The van der Waals surface area contributed by atoms with Crippen LogP contribution in [0.3, 0.4) is 0 Å². The maximum Gasteiger partial charge on any atom is 0.0327 e. The van der Waals surface area contributed by atoms with Crippen molar-refractivity contribution in [2.75, 3.05) is 20.6 Å². The summed E-state index contributed by atoms with van der Waals surface area (Å²) in [6.45, 7) is 1.16. The van der Waals surface area contributed by atoms with Crippen molar-refractivity contribution in [3.63, 3.8) is 0 Å². The molecule has 1 N–H and O–H groups in total. The average molecular weight is 286 g/mol. The van der Waals surface area contributed by atoms with Crippen LogP contribution in [0.1, 0.15) is 49.7 Å². The van der Waals surface area contributed by atoms with E-state index in [0.29, 0.717) is 11.6 Å². The maximum atomic E-state index is 3.91. The van der Waals surface area contributed by atoms with E-state index in [9.17, 15) is 0 Å². The highest BCUT2D eigenvalue weighted by atomic mass is 15.2. The zero-order chi connectivity index (χ0) is 14.7. The normalized spacial score (nSPS) is 24.8. The van der Waals surface area contributed by atoms with E-state index in [2.05, 4.69) is 48.6 Å². The highest BCUT2D eigenvalue weighted by molar-refractivity contribution is 5.30. The van der Waals surface area contributed by atoms with Gasteiger partial charge in [-0.1, -0.05) is 43.5 Å². The molecular weight excluding hydrogens is 256 g/mol. The van der Waals surface area contributed by atoms with Gasteiger partial charge in [0.15, 0.2) is 0 Å². The first-order valence-electron chi connectivity index (χ1n) is 8.67. The second-order valence-corrected chi connectivity index (χ2v) is 7.27. The lowest BCUT2D eigenvalue weighted by Crippen LogP contribution is -2.55. The van der Waals surface area contributed by atoms with Gasteiger partial charge in [0.25, 0.3) is 0 Å². The summed E-state index contributed by atoms with van der Waals surface area (Å²) < 4.78 is 0. The fourth-order valence-corrected chi connectivity index (χ4v) is 4.20. The molecule has 2 heteroatoms. The van der Waals surface area contributed by atoms with Crippen LogP contribution in [0, 0.1) is 0 Å². The van der Waals surface area contributed by atoms with E-state index in [1.807, 2.05) is 0 Å². The Bertz CT molecular complexity index is 460. The van der Waals surface area contributed by atoms with Crippen LogP contribution in [-0.2, 0) is 12.8 Å². The molecule has 1 atom stereocenters. The van der Waals surface area contributed by atoms with Crippen molar-refractivity contribution in [1.82, 2.24) is 10.2 Å². The van der Waals surface area contributed by atoms with Gasteiger partial charge in [-0.15, -0.1) is 0 Å². The van der Waals surface area contributed by atoms with Crippen LogP contribution in [-0.4, -0.2) is 37.1 Å². The van der Waals surface area contributed by atoms with Crippen LogP contribution < -0.4 is 5.32 Å². The molecule has 1 unspecified atom stereocenters. The minimum absolute atomic E-state index is 0.398. The van der Waals surface area contributed by atoms with Crippen LogP contribution in [0.2, 0.25) is 0 Å². The molecule has 0 radical (unpaired) electrons. The largest absolute Gasteiger partial charge is 0.312 e. The van der Waals surface area contributed by atoms with E-state index in [4.69, 9.17) is 0 Å². The van der Waals surface area contributed by atoms with Crippen molar-refractivity contribution in [1.29, 1.82) is 0 Å². The summed E-state index contributed by atoms with van der Waals surface area (Å²) in [5.41, 5.74) is 3.52. The van der Waals surface area contributed by atoms with Gasteiger partial charge in [0.2, 0.25) is 0 Å². The van der Waals surface area contributed by atoms with Crippen molar-refractivity contribution >= 4 is 0 Å². The Hall–Kier alpha value is -0.860. The van der Waals surface area contributed by atoms with Crippen molar-refractivity contribution in [3.8, 4) is 0 Å². The number of hydrogen-bond donors (Lipinski definition) is 1. The summed E-state index contributed by atoms with van der Waals surface area (Å²) >= 11 is 0. The zero-order valence-corrected chi connectivity index (χ0v) is 13.7. The highest BCUT2D eigenvalue weighted by Crippen LogP contribution is 2.32. The quantitative estimate of drug-likeness (QED) is 0.912. The number of likely N-dealkylation sites (N-methyl/N-ethyl adjacent to an activating group) is 1. The van der Waals surface area contributed by atoms with Crippen LogP contribution in [0.4, 0.5) is 0 Å². The Morgan fingerprint density at radius 2 is 1.81 bits per heavy atom. The fraction of sp³-hybridized carbons (Fsp3) is 0.684. The summed E-state index contributed by atoms with van der Waals surface area (Å²) in [4.78, 5) is 2.48. The third-order valence-electron chi connectivity index (χ3n) is 5.80. The zero-order valence-electron chi connectivity index (χ0n) is 13.7. The molecule has 0 heterocycles. The molecule has 1 aromatic carbocycles. The molecular formula is C19H30N2. The first-order valence-corrected chi connectivity index (χ1v) is 8.67. The number of fused-ring (bicyclic) bond motifs is 1. The molecule has 0 bridgehead atoms. The lowest BCUT2D eigenvalue weighted by Gasteiger charge is -2.44. The SMILES string of the molecule is CN(C)C1(CNC2CCc3ccccc3C2)CCCCC1. The number of aryl methyl sites for hydroxylation is 1. The van der Waals surface area contributed by atoms with Crippen LogP contribution >= 0.6 is 0 Å². The first kappa shape index (κ1) is 15.1. The molecule has 0 saturated heterocycles. The molecule has 0 aliphatic heterocycles. The highest BCUT2D eigenvalue weighted by Gasteiger charge is 2.34. The second-order valence-electron chi connectivity index (χ2n) is 7.27. The van der Waals surface area contributed by atoms with Gasteiger partial charge in [0.05, 0.1) is 0 Å². The minimum atomic E-state index is 0.398. The predicted molar refractivity (Wildman–Crippen MR) is 89.8 cm³/mol. The molecule has 1 aromatic rings. The van der Waals surface area contributed by atoms with Gasteiger partial charge in [-0.05, 0) is 57.3 Å². The molecule has 2 nitrogen and oxygen atoms in total. The molecule has 0 amide bonds. The molecule has 21 heavy (non-hydrogen) atoms. The number of nitrogens with one attached hydrogen (secondary N) is 1. The lowest BCUT2D eigenvalue weighted by atomic mass is 9.80. The van der Waals surface area contributed by atoms with Crippen LogP contribution in [0.5, 0.6) is 0 Å². The Kier molecular flexibility index (Phi) is 4.66. The summed E-state index contributed by atoms with van der Waals surface area (Å²) in [7, 11) is 4.53. The van der Waals surface area contributed by atoms with Gasteiger partial charge in [-0.2, -0.15) is 0 Å². The van der Waals surface area contributed by atoms with Gasteiger partial charge in [0, 0.05) is 18.1 Å². The lowest BCUT2D eigenvalue weighted by molar-refractivity contribution is 0.0944. The van der Waals surface area contributed by atoms with Crippen molar-refractivity contribution < 1.29 is 0 Å². The third kappa shape index (κ3) is 3.32. The fourth-order valence-electron chi connectivity index (χ4n) is 4.20. The maximum absolute atomic E-state index is 3.91. The smallest absolute Gasteiger partial charge is 0.0327 e. The third-order valence-corrected chi connectivity index (χ3v) is 5.80. The standard InChI is InChI=1S/C19H30N2/c1-21(2)19(12-6-3-7-13-19)15-20-18-11-10-16-8-4-5-9-17(16)14-18/h4-5,8-9,18,20H,3,6-7,10-15H2,1-2H3. The summed E-state index contributed by atoms with van der Waals surface area (Å²) in [6.07, 6.45) is 10.7. The molecule has 3 rings (SSSR count). The van der Waals surface area contributed by atoms with Crippen molar-refractivity contribution in [3.05, 3.63) is 35.4 Å². The molecule has 0 spiro atoms. The summed E-state index contributed by atoms with van der Waals surface area (Å²) in [5, 5.41) is 3.91.